The number of halogens is 1. The van der Waals surface area contributed by atoms with E-state index in [9.17, 15) is 4.79 Å². The Morgan fingerprint density at radius 2 is 2.00 bits per heavy atom. The van der Waals surface area contributed by atoms with E-state index >= 15 is 0 Å². The van der Waals surface area contributed by atoms with Gasteiger partial charge in [0.05, 0.1) is 6.54 Å². The van der Waals surface area contributed by atoms with E-state index in [1.807, 2.05) is 11.4 Å². The Balaban J connectivity index is 1.98. The lowest BCUT2D eigenvalue weighted by atomic mass is 10.2. The highest BCUT2D eigenvalue weighted by molar-refractivity contribution is 9.10. The molecule has 0 saturated heterocycles. The number of nitrogen functional groups attached to an aromatic ring is 1. The molecule has 5 heteroatoms. The van der Waals surface area contributed by atoms with Gasteiger partial charge in [0, 0.05) is 20.6 Å². The number of hydrogen-bond acceptors (Lipinski definition) is 3. The molecule has 2 rings (SSSR count). The summed E-state index contributed by atoms with van der Waals surface area (Å²) in [4.78, 5) is 12.9. The van der Waals surface area contributed by atoms with Crippen molar-refractivity contribution in [2.24, 2.45) is 0 Å². The summed E-state index contributed by atoms with van der Waals surface area (Å²) in [5, 5.41) is 4.84. The molecule has 0 fully saturated rings. The summed E-state index contributed by atoms with van der Waals surface area (Å²) in [6.45, 7) is 0.529. The van der Waals surface area contributed by atoms with Crippen LogP contribution < -0.4 is 11.1 Å². The van der Waals surface area contributed by atoms with Gasteiger partial charge in [-0.25, -0.2) is 0 Å². The Kier molecular flexibility index (Phi) is 3.81. The minimum Gasteiger partial charge on any atom is -0.399 e. The summed E-state index contributed by atoms with van der Waals surface area (Å²) in [5.41, 5.74) is 6.83. The molecule has 17 heavy (non-hydrogen) atoms. The number of benzene rings is 1. The molecule has 0 radical (unpaired) electrons. The first-order valence-corrected chi connectivity index (χ1v) is 6.69. The topological polar surface area (TPSA) is 55.1 Å². The second-order valence-electron chi connectivity index (χ2n) is 3.50. The van der Waals surface area contributed by atoms with Crippen molar-refractivity contribution < 1.29 is 4.79 Å². The van der Waals surface area contributed by atoms with Crippen LogP contribution in [0.5, 0.6) is 0 Å². The molecule has 3 N–H and O–H groups in total. The number of carbonyl (C=O) groups is 1. The van der Waals surface area contributed by atoms with Crippen molar-refractivity contribution in [1.29, 1.82) is 0 Å². The normalized spacial score (nSPS) is 10.2. The summed E-state index contributed by atoms with van der Waals surface area (Å²) in [5.74, 6) is -0.0923. The van der Waals surface area contributed by atoms with Gasteiger partial charge >= 0.3 is 0 Å². The molecule has 1 aromatic carbocycles. The molecule has 0 atom stereocenters. The fourth-order valence-corrected chi connectivity index (χ4v) is 2.78. The van der Waals surface area contributed by atoms with Crippen molar-refractivity contribution in [2.45, 2.75) is 6.54 Å². The molecule has 1 amide bonds. The number of rotatable bonds is 3. The Hall–Kier alpha value is -1.33. The fraction of sp³-hybridized carbons (Fsp3) is 0.0833. The highest BCUT2D eigenvalue weighted by Crippen LogP contribution is 2.22. The molecule has 0 saturated carbocycles. The molecule has 3 nitrogen and oxygen atoms in total. The van der Waals surface area contributed by atoms with Crippen LogP contribution in [0.25, 0.3) is 0 Å². The van der Waals surface area contributed by atoms with Crippen LogP contribution in [0.15, 0.2) is 40.2 Å². The third kappa shape index (κ3) is 3.08. The van der Waals surface area contributed by atoms with E-state index in [0.717, 1.165) is 9.35 Å². The zero-order chi connectivity index (χ0) is 12.3. The SMILES string of the molecule is Nc1ccc(C(=O)NCc2sccc2Br)cc1. The highest BCUT2D eigenvalue weighted by Gasteiger charge is 2.06. The lowest BCUT2D eigenvalue weighted by Crippen LogP contribution is -2.22. The van der Waals surface area contributed by atoms with Gasteiger partial charge in [-0.05, 0) is 51.6 Å². The molecule has 1 aromatic heterocycles. The number of nitrogens with one attached hydrogen (secondary N) is 1. The van der Waals surface area contributed by atoms with Gasteiger partial charge in [0.15, 0.2) is 0 Å². The van der Waals surface area contributed by atoms with E-state index in [2.05, 4.69) is 21.2 Å². The highest BCUT2D eigenvalue weighted by atomic mass is 79.9. The zero-order valence-corrected chi connectivity index (χ0v) is 11.3. The van der Waals surface area contributed by atoms with Crippen molar-refractivity contribution in [3.05, 3.63) is 50.6 Å². The third-order valence-electron chi connectivity index (χ3n) is 2.27. The smallest absolute Gasteiger partial charge is 0.251 e. The van der Waals surface area contributed by atoms with Crippen molar-refractivity contribution >= 4 is 38.9 Å². The minimum atomic E-state index is -0.0923. The van der Waals surface area contributed by atoms with Crippen molar-refractivity contribution in [1.82, 2.24) is 5.32 Å². The van der Waals surface area contributed by atoms with Crippen molar-refractivity contribution in [3.8, 4) is 0 Å². The number of carbonyl (C=O) groups excluding carboxylic acids is 1. The lowest BCUT2D eigenvalue weighted by molar-refractivity contribution is 0.0951. The van der Waals surface area contributed by atoms with Gasteiger partial charge in [0.1, 0.15) is 0 Å². The average molecular weight is 311 g/mol. The van der Waals surface area contributed by atoms with Gasteiger partial charge < -0.3 is 11.1 Å². The zero-order valence-electron chi connectivity index (χ0n) is 8.94. The van der Waals surface area contributed by atoms with E-state index < -0.39 is 0 Å². The van der Waals surface area contributed by atoms with Gasteiger partial charge in [-0.3, -0.25) is 4.79 Å². The van der Waals surface area contributed by atoms with Gasteiger partial charge in [-0.15, -0.1) is 11.3 Å². The average Bonchev–Trinajstić information content (AvgIpc) is 2.73. The Bertz CT molecular complexity index is 522. The standard InChI is InChI=1S/C12H11BrN2OS/c13-10-5-6-17-11(10)7-15-12(16)8-1-3-9(14)4-2-8/h1-6H,7,14H2,(H,15,16). The summed E-state index contributed by atoms with van der Waals surface area (Å²) in [6.07, 6.45) is 0. The Labute approximate surface area is 112 Å². The predicted octanol–water partition coefficient (Wildman–Crippen LogP) is 3.02. The van der Waals surface area contributed by atoms with Crippen LogP contribution in [-0.4, -0.2) is 5.91 Å². The summed E-state index contributed by atoms with van der Waals surface area (Å²) in [7, 11) is 0. The lowest BCUT2D eigenvalue weighted by Gasteiger charge is -2.04. The maximum absolute atomic E-state index is 11.8. The molecule has 0 spiro atoms. The van der Waals surface area contributed by atoms with E-state index in [1.165, 1.54) is 0 Å². The maximum atomic E-state index is 11.8. The molecule has 0 aliphatic heterocycles. The Morgan fingerprint density at radius 3 is 2.59 bits per heavy atom. The molecule has 88 valence electrons. The van der Waals surface area contributed by atoms with Crippen LogP contribution >= 0.6 is 27.3 Å². The van der Waals surface area contributed by atoms with Gasteiger partial charge in [-0.2, -0.15) is 0 Å². The summed E-state index contributed by atoms with van der Waals surface area (Å²) < 4.78 is 1.03. The van der Waals surface area contributed by atoms with E-state index in [1.54, 1.807) is 35.6 Å². The number of amides is 1. The van der Waals surface area contributed by atoms with Crippen LogP contribution in [0.1, 0.15) is 15.2 Å². The Morgan fingerprint density at radius 1 is 1.29 bits per heavy atom. The predicted molar refractivity (Wildman–Crippen MR) is 74.0 cm³/mol. The van der Waals surface area contributed by atoms with Crippen LogP contribution in [0.4, 0.5) is 5.69 Å². The molecule has 0 bridgehead atoms. The molecule has 1 heterocycles. The number of anilines is 1. The number of thiophene rings is 1. The first-order valence-electron chi connectivity index (χ1n) is 5.02. The molecule has 2 aromatic rings. The van der Waals surface area contributed by atoms with Crippen molar-refractivity contribution in [3.63, 3.8) is 0 Å². The first-order chi connectivity index (χ1) is 8.16. The molecular weight excluding hydrogens is 300 g/mol. The van der Waals surface area contributed by atoms with Crippen molar-refractivity contribution in [2.75, 3.05) is 5.73 Å². The van der Waals surface area contributed by atoms with Gasteiger partial charge in [-0.1, -0.05) is 0 Å². The second-order valence-corrected chi connectivity index (χ2v) is 5.35. The van der Waals surface area contributed by atoms with Gasteiger partial charge in [0.25, 0.3) is 5.91 Å². The maximum Gasteiger partial charge on any atom is 0.251 e. The van der Waals surface area contributed by atoms with Crippen LogP contribution in [0.3, 0.4) is 0 Å². The summed E-state index contributed by atoms with van der Waals surface area (Å²) in [6, 6.07) is 8.84. The fourth-order valence-electron chi connectivity index (χ4n) is 1.35. The second kappa shape index (κ2) is 5.33. The first kappa shape index (κ1) is 12.1. The van der Waals surface area contributed by atoms with Crippen LogP contribution in [0.2, 0.25) is 0 Å². The largest absolute Gasteiger partial charge is 0.399 e. The quantitative estimate of drug-likeness (QED) is 0.856. The van der Waals surface area contributed by atoms with Crippen LogP contribution in [-0.2, 0) is 6.54 Å². The molecule has 0 unspecified atom stereocenters. The molecule has 0 aliphatic rings. The van der Waals surface area contributed by atoms with E-state index in [4.69, 9.17) is 5.73 Å². The number of hydrogen-bond donors (Lipinski definition) is 2. The third-order valence-corrected chi connectivity index (χ3v) is 4.20. The van der Waals surface area contributed by atoms with Gasteiger partial charge in [0.2, 0.25) is 0 Å². The number of nitrogens with two attached hydrogens (primary N) is 1. The molecular formula is C12H11BrN2OS. The minimum absolute atomic E-state index is 0.0923. The monoisotopic (exact) mass is 310 g/mol. The molecule has 0 aliphatic carbocycles. The van der Waals surface area contributed by atoms with E-state index in [0.29, 0.717) is 17.8 Å². The summed E-state index contributed by atoms with van der Waals surface area (Å²) >= 11 is 5.03. The van der Waals surface area contributed by atoms with E-state index in [-0.39, 0.29) is 5.91 Å². The van der Waals surface area contributed by atoms with Crippen LogP contribution in [0, 0.1) is 0 Å².